The fourth-order valence-corrected chi connectivity index (χ4v) is 5.72. The van der Waals surface area contributed by atoms with Gasteiger partial charge < -0.3 is 14.4 Å². The number of nitrogens with zero attached hydrogens (tertiary/aromatic N) is 3. The highest BCUT2D eigenvalue weighted by atomic mass is 16.7. The summed E-state index contributed by atoms with van der Waals surface area (Å²) in [7, 11) is 3.06. The van der Waals surface area contributed by atoms with Crippen molar-refractivity contribution in [1.82, 2.24) is 5.06 Å². The maximum atomic E-state index is 13.9. The van der Waals surface area contributed by atoms with Crippen molar-refractivity contribution in [2.75, 3.05) is 24.0 Å². The van der Waals surface area contributed by atoms with Crippen molar-refractivity contribution in [3.8, 4) is 5.75 Å². The first-order valence-electron chi connectivity index (χ1n) is 12.4. The molecular formula is C29H27N3O6. The van der Waals surface area contributed by atoms with E-state index in [4.69, 9.17) is 14.3 Å². The second-order valence-corrected chi connectivity index (χ2v) is 9.50. The second kappa shape index (κ2) is 9.68. The van der Waals surface area contributed by atoms with Crippen molar-refractivity contribution in [3.05, 3.63) is 90.5 Å². The van der Waals surface area contributed by atoms with E-state index in [-0.39, 0.29) is 11.8 Å². The van der Waals surface area contributed by atoms with Gasteiger partial charge in [-0.05, 0) is 42.0 Å². The zero-order valence-electron chi connectivity index (χ0n) is 21.0. The zero-order valence-corrected chi connectivity index (χ0v) is 21.0. The molecule has 0 radical (unpaired) electrons. The van der Waals surface area contributed by atoms with Crippen LogP contribution in [0.2, 0.25) is 0 Å². The van der Waals surface area contributed by atoms with E-state index in [1.807, 2.05) is 36.4 Å². The minimum absolute atomic E-state index is 0.220. The predicted molar refractivity (Wildman–Crippen MR) is 138 cm³/mol. The van der Waals surface area contributed by atoms with Crippen LogP contribution >= 0.6 is 0 Å². The molecule has 0 saturated carbocycles. The summed E-state index contributed by atoms with van der Waals surface area (Å²) in [5.74, 6) is -1.14. The molecule has 3 fully saturated rings. The molecule has 38 heavy (non-hydrogen) atoms. The molecule has 3 aromatic carbocycles. The van der Waals surface area contributed by atoms with E-state index < -0.39 is 36.1 Å². The highest BCUT2D eigenvalue weighted by Gasteiger charge is 2.66. The number of hydroxylamine groups is 2. The Morgan fingerprint density at radius 3 is 2.03 bits per heavy atom. The van der Waals surface area contributed by atoms with E-state index in [1.165, 1.54) is 12.0 Å². The average Bonchev–Trinajstić information content (AvgIpc) is 3.42. The first-order chi connectivity index (χ1) is 18.5. The van der Waals surface area contributed by atoms with Gasteiger partial charge in [-0.3, -0.25) is 19.2 Å². The second-order valence-electron chi connectivity index (χ2n) is 9.50. The standard InChI is InChI=1S/C29H27N3O6/c1-36-21-15-13-20(14-16-21)31-24(26(37-2)29(31)35)23-22-25(38-30(23)17-18-9-5-3-6-10-18)28(34)32(27(22)33)19-11-7-4-8-12-19/h3-16,22-26H,17H2,1-2H3/t22-,23+,24-,25+,26+/m0/s1. The van der Waals surface area contributed by atoms with Crippen molar-refractivity contribution in [3.63, 3.8) is 0 Å². The van der Waals surface area contributed by atoms with Gasteiger partial charge in [0, 0.05) is 19.3 Å². The Balaban J connectivity index is 1.40. The van der Waals surface area contributed by atoms with Crippen molar-refractivity contribution < 1.29 is 28.7 Å². The molecule has 3 aliphatic rings. The quantitative estimate of drug-likeness (QED) is 0.355. The van der Waals surface area contributed by atoms with Gasteiger partial charge in [0.1, 0.15) is 5.75 Å². The normalized spacial score (nSPS) is 27.0. The van der Waals surface area contributed by atoms with Crippen LogP contribution in [-0.2, 0) is 30.5 Å². The van der Waals surface area contributed by atoms with Crippen LogP contribution in [0.3, 0.4) is 0 Å². The van der Waals surface area contributed by atoms with Gasteiger partial charge >= 0.3 is 0 Å². The number of methoxy groups -OCH3 is 2. The smallest absolute Gasteiger partial charge is 0.265 e. The zero-order chi connectivity index (χ0) is 26.4. The molecule has 0 aliphatic carbocycles. The van der Waals surface area contributed by atoms with Crippen LogP contribution in [0.15, 0.2) is 84.9 Å². The van der Waals surface area contributed by atoms with Crippen molar-refractivity contribution in [2.24, 2.45) is 5.92 Å². The van der Waals surface area contributed by atoms with E-state index in [0.717, 1.165) is 5.56 Å². The van der Waals surface area contributed by atoms with Crippen LogP contribution in [0.5, 0.6) is 5.75 Å². The number of anilines is 2. The highest BCUT2D eigenvalue weighted by Crippen LogP contribution is 2.45. The number of hydrogen-bond donors (Lipinski definition) is 0. The van der Waals surface area contributed by atoms with Gasteiger partial charge in [0.2, 0.25) is 5.91 Å². The summed E-state index contributed by atoms with van der Waals surface area (Å²) in [6.45, 7) is 0.335. The van der Waals surface area contributed by atoms with Crippen LogP contribution in [0.1, 0.15) is 5.56 Å². The van der Waals surface area contributed by atoms with Gasteiger partial charge in [-0.2, -0.15) is 5.06 Å². The minimum atomic E-state index is -0.998. The first kappa shape index (κ1) is 24.3. The lowest BCUT2D eigenvalue weighted by atomic mass is 9.81. The summed E-state index contributed by atoms with van der Waals surface area (Å²) in [6.07, 6.45) is -1.79. The third kappa shape index (κ3) is 3.78. The van der Waals surface area contributed by atoms with Crippen LogP contribution in [0.4, 0.5) is 11.4 Å². The van der Waals surface area contributed by atoms with Crippen LogP contribution in [0.25, 0.3) is 0 Å². The summed E-state index contributed by atoms with van der Waals surface area (Å²) < 4.78 is 10.9. The fraction of sp³-hybridized carbons (Fsp3) is 0.276. The molecule has 3 heterocycles. The maximum absolute atomic E-state index is 13.9. The van der Waals surface area contributed by atoms with E-state index in [0.29, 0.717) is 23.7 Å². The van der Waals surface area contributed by atoms with Gasteiger partial charge in [0.15, 0.2) is 12.2 Å². The molecule has 0 aromatic heterocycles. The highest BCUT2D eigenvalue weighted by molar-refractivity contribution is 6.23. The molecule has 3 amide bonds. The van der Waals surface area contributed by atoms with E-state index in [1.54, 1.807) is 65.6 Å². The lowest BCUT2D eigenvalue weighted by Gasteiger charge is -2.50. The lowest BCUT2D eigenvalue weighted by molar-refractivity contribution is -0.186. The van der Waals surface area contributed by atoms with Gasteiger partial charge in [-0.15, -0.1) is 0 Å². The molecule has 0 N–H and O–H groups in total. The number of para-hydroxylation sites is 1. The summed E-state index contributed by atoms with van der Waals surface area (Å²) >= 11 is 0. The van der Waals surface area contributed by atoms with Gasteiger partial charge in [0.25, 0.3) is 11.8 Å². The van der Waals surface area contributed by atoms with E-state index in [2.05, 4.69) is 0 Å². The Morgan fingerprint density at radius 2 is 1.39 bits per heavy atom. The summed E-state index contributed by atoms with van der Waals surface area (Å²) in [4.78, 5) is 49.8. The largest absolute Gasteiger partial charge is 0.497 e. The van der Waals surface area contributed by atoms with Gasteiger partial charge in [0.05, 0.1) is 30.8 Å². The predicted octanol–water partition coefficient (Wildman–Crippen LogP) is 2.80. The Kier molecular flexibility index (Phi) is 6.19. The molecule has 194 valence electrons. The number of amides is 3. The number of rotatable bonds is 7. The Morgan fingerprint density at radius 1 is 0.737 bits per heavy atom. The Hall–Kier alpha value is -4.05. The number of hydrogen-bond acceptors (Lipinski definition) is 7. The lowest BCUT2D eigenvalue weighted by Crippen LogP contribution is -2.73. The molecule has 6 rings (SSSR count). The summed E-state index contributed by atoms with van der Waals surface area (Å²) in [5, 5.41) is 1.68. The van der Waals surface area contributed by atoms with E-state index >= 15 is 0 Å². The average molecular weight is 514 g/mol. The number of carbonyl (C=O) groups excluding carboxylic acids is 3. The molecule has 9 heteroatoms. The molecule has 3 aliphatic heterocycles. The Bertz CT molecular complexity index is 1350. The van der Waals surface area contributed by atoms with Gasteiger partial charge in [-0.1, -0.05) is 48.5 Å². The van der Waals surface area contributed by atoms with Gasteiger partial charge in [-0.25, -0.2) is 4.90 Å². The maximum Gasteiger partial charge on any atom is 0.265 e. The molecule has 3 saturated heterocycles. The fourth-order valence-electron chi connectivity index (χ4n) is 5.72. The van der Waals surface area contributed by atoms with Crippen LogP contribution in [0, 0.1) is 5.92 Å². The van der Waals surface area contributed by atoms with Crippen molar-refractivity contribution >= 4 is 29.1 Å². The molecule has 0 spiro atoms. The van der Waals surface area contributed by atoms with Crippen LogP contribution < -0.4 is 14.5 Å². The summed E-state index contributed by atoms with van der Waals surface area (Å²) in [5.41, 5.74) is 2.09. The molecule has 3 aromatic rings. The number of imide groups is 1. The first-order valence-corrected chi connectivity index (χ1v) is 12.4. The third-order valence-corrected chi connectivity index (χ3v) is 7.48. The molecule has 0 bridgehead atoms. The minimum Gasteiger partial charge on any atom is -0.497 e. The topological polar surface area (TPSA) is 88.6 Å². The number of carbonyl (C=O) groups is 3. The number of ether oxygens (including phenoxy) is 2. The monoisotopic (exact) mass is 513 g/mol. The van der Waals surface area contributed by atoms with Crippen LogP contribution in [-0.4, -0.2) is 61.3 Å². The number of fused-ring (bicyclic) bond motifs is 1. The van der Waals surface area contributed by atoms with E-state index in [9.17, 15) is 14.4 Å². The molecule has 5 atom stereocenters. The molecule has 9 nitrogen and oxygen atoms in total. The number of benzene rings is 3. The van der Waals surface area contributed by atoms with Crippen molar-refractivity contribution in [2.45, 2.75) is 30.8 Å². The summed E-state index contributed by atoms with van der Waals surface area (Å²) in [6, 6.07) is 24.4. The van der Waals surface area contributed by atoms with Crippen molar-refractivity contribution in [1.29, 1.82) is 0 Å². The molecular weight excluding hydrogens is 486 g/mol. The third-order valence-electron chi connectivity index (χ3n) is 7.48. The number of β-lactam (4-membered cyclic amide) rings is 1. The molecule has 0 unspecified atom stereocenters. The Labute approximate surface area is 220 Å². The SMILES string of the molecule is COc1ccc(N2C(=O)[C@H](OC)[C@@H]2[C@H]2[C@@H]3C(=O)N(c4ccccc4)C(=O)[C@@H]3ON2Cc2ccccc2)cc1.